The lowest BCUT2D eigenvalue weighted by Gasteiger charge is -2.36. The number of piperidine rings is 2. The summed E-state index contributed by atoms with van der Waals surface area (Å²) in [5.74, 6) is -1.28. The Labute approximate surface area is 113 Å². The van der Waals surface area contributed by atoms with Gasteiger partial charge in [0, 0.05) is 26.2 Å². The second kappa shape index (κ2) is 5.74. The first kappa shape index (κ1) is 14.7. The van der Waals surface area contributed by atoms with Crippen LogP contribution in [0.2, 0.25) is 0 Å². The van der Waals surface area contributed by atoms with Crippen molar-refractivity contribution in [2.75, 3.05) is 26.2 Å². The normalized spacial score (nSPS) is 25.5. The minimum absolute atomic E-state index is 0.262. The van der Waals surface area contributed by atoms with Crippen LogP contribution in [-0.2, 0) is 15.0 Å². The van der Waals surface area contributed by atoms with Gasteiger partial charge >= 0.3 is 5.97 Å². The lowest BCUT2D eigenvalue weighted by Crippen LogP contribution is -2.50. The highest BCUT2D eigenvalue weighted by molar-refractivity contribution is 7.86. The van der Waals surface area contributed by atoms with Crippen LogP contribution in [0.3, 0.4) is 0 Å². The number of aliphatic hydroxyl groups is 1. The SMILES string of the molecule is O=C(O)C1CCN(S(=O)(=O)N2CCC(O)CC2)CC1. The lowest BCUT2D eigenvalue weighted by molar-refractivity contribution is -0.142. The molecule has 0 aliphatic carbocycles. The maximum absolute atomic E-state index is 12.3. The third-order valence-electron chi connectivity index (χ3n) is 3.88. The third-order valence-corrected chi connectivity index (χ3v) is 5.91. The predicted octanol–water partition coefficient (Wildman–Crippen LogP) is -0.515. The zero-order valence-electron chi connectivity index (χ0n) is 10.7. The molecule has 0 aromatic heterocycles. The van der Waals surface area contributed by atoms with Crippen LogP contribution in [0.15, 0.2) is 0 Å². The van der Waals surface area contributed by atoms with E-state index in [1.807, 2.05) is 0 Å². The Hall–Kier alpha value is -0.700. The van der Waals surface area contributed by atoms with Crippen molar-refractivity contribution in [2.24, 2.45) is 5.92 Å². The molecule has 2 saturated heterocycles. The molecule has 8 heteroatoms. The predicted molar refractivity (Wildman–Crippen MR) is 67.7 cm³/mol. The number of hydrogen-bond acceptors (Lipinski definition) is 4. The van der Waals surface area contributed by atoms with Crippen LogP contribution in [0.25, 0.3) is 0 Å². The quantitative estimate of drug-likeness (QED) is 0.729. The van der Waals surface area contributed by atoms with Crippen molar-refractivity contribution < 1.29 is 23.4 Å². The molecule has 2 aliphatic heterocycles. The highest BCUT2D eigenvalue weighted by Crippen LogP contribution is 2.23. The maximum Gasteiger partial charge on any atom is 0.306 e. The molecule has 0 atom stereocenters. The van der Waals surface area contributed by atoms with Gasteiger partial charge in [0.25, 0.3) is 10.2 Å². The topological polar surface area (TPSA) is 98.2 Å². The Morgan fingerprint density at radius 3 is 1.79 bits per heavy atom. The van der Waals surface area contributed by atoms with Gasteiger partial charge in [-0.1, -0.05) is 0 Å². The molecule has 0 radical (unpaired) electrons. The summed E-state index contributed by atoms with van der Waals surface area (Å²) in [7, 11) is -3.50. The first-order chi connectivity index (χ1) is 8.91. The Morgan fingerprint density at radius 1 is 0.947 bits per heavy atom. The zero-order valence-corrected chi connectivity index (χ0v) is 11.5. The number of carbonyl (C=O) groups is 1. The van der Waals surface area contributed by atoms with Crippen LogP contribution in [-0.4, -0.2) is 65.5 Å². The average Bonchev–Trinajstić information content (AvgIpc) is 2.39. The van der Waals surface area contributed by atoms with Crippen molar-refractivity contribution in [1.29, 1.82) is 0 Å². The van der Waals surface area contributed by atoms with E-state index in [0.717, 1.165) is 0 Å². The summed E-state index contributed by atoms with van der Waals surface area (Å²) < 4.78 is 27.4. The molecule has 0 saturated carbocycles. The van der Waals surface area contributed by atoms with Gasteiger partial charge in [-0.25, -0.2) is 0 Å². The van der Waals surface area contributed by atoms with Crippen molar-refractivity contribution in [3.8, 4) is 0 Å². The molecular formula is C11H20N2O5S. The highest BCUT2D eigenvalue weighted by atomic mass is 32.2. The van der Waals surface area contributed by atoms with Gasteiger partial charge in [0.1, 0.15) is 0 Å². The molecule has 0 aromatic carbocycles. The van der Waals surface area contributed by atoms with Crippen LogP contribution in [0.5, 0.6) is 0 Å². The van der Waals surface area contributed by atoms with Gasteiger partial charge in [-0.2, -0.15) is 17.0 Å². The molecule has 0 bridgehead atoms. The fraction of sp³-hybridized carbons (Fsp3) is 0.909. The Morgan fingerprint density at radius 2 is 1.37 bits per heavy atom. The molecule has 0 unspecified atom stereocenters. The largest absolute Gasteiger partial charge is 0.481 e. The third kappa shape index (κ3) is 3.25. The van der Waals surface area contributed by atoms with Crippen LogP contribution in [0, 0.1) is 5.92 Å². The van der Waals surface area contributed by atoms with E-state index in [4.69, 9.17) is 5.11 Å². The van der Waals surface area contributed by atoms with Crippen molar-refractivity contribution in [1.82, 2.24) is 8.61 Å². The first-order valence-corrected chi connectivity index (χ1v) is 7.97. The fourth-order valence-electron chi connectivity index (χ4n) is 2.57. The molecule has 7 nitrogen and oxygen atoms in total. The number of carboxylic acid groups (broad SMARTS) is 1. The van der Waals surface area contributed by atoms with Crippen molar-refractivity contribution in [3.63, 3.8) is 0 Å². The Balaban J connectivity index is 1.96. The molecule has 110 valence electrons. The standard InChI is InChI=1S/C11H20N2O5S/c14-10-3-7-13(8-4-10)19(17,18)12-5-1-9(2-6-12)11(15)16/h9-10,14H,1-8H2,(H,15,16). The number of carboxylic acids is 1. The van der Waals surface area contributed by atoms with E-state index in [0.29, 0.717) is 38.8 Å². The summed E-state index contributed by atoms with van der Waals surface area (Å²) >= 11 is 0. The minimum atomic E-state index is -3.50. The molecule has 2 heterocycles. The zero-order chi connectivity index (χ0) is 14.0. The second-order valence-corrected chi connectivity index (χ2v) is 7.08. The molecule has 19 heavy (non-hydrogen) atoms. The molecular weight excluding hydrogens is 272 g/mol. The molecule has 0 spiro atoms. The van der Waals surface area contributed by atoms with Gasteiger partial charge in [0.15, 0.2) is 0 Å². The maximum atomic E-state index is 12.3. The number of nitrogens with zero attached hydrogens (tertiary/aromatic N) is 2. The van der Waals surface area contributed by atoms with Gasteiger partial charge < -0.3 is 10.2 Å². The summed E-state index contributed by atoms with van der Waals surface area (Å²) in [6, 6.07) is 0. The van der Waals surface area contributed by atoms with Gasteiger partial charge in [-0.05, 0) is 25.7 Å². The van der Waals surface area contributed by atoms with Gasteiger partial charge in [0.2, 0.25) is 0 Å². The van der Waals surface area contributed by atoms with Crippen LogP contribution >= 0.6 is 0 Å². The average molecular weight is 292 g/mol. The smallest absolute Gasteiger partial charge is 0.306 e. The number of rotatable bonds is 3. The summed E-state index contributed by atoms with van der Waals surface area (Å²) in [4.78, 5) is 10.8. The number of aliphatic carboxylic acids is 1. The monoisotopic (exact) mass is 292 g/mol. The summed E-state index contributed by atoms with van der Waals surface area (Å²) in [6.45, 7) is 1.20. The summed E-state index contributed by atoms with van der Waals surface area (Å²) in [6.07, 6.45) is 1.25. The molecule has 0 amide bonds. The Bertz CT molecular complexity index is 422. The van der Waals surface area contributed by atoms with E-state index in [9.17, 15) is 18.3 Å². The molecule has 2 aliphatic rings. The minimum Gasteiger partial charge on any atom is -0.481 e. The van der Waals surface area contributed by atoms with Gasteiger partial charge in [-0.3, -0.25) is 4.79 Å². The molecule has 2 fully saturated rings. The number of hydrogen-bond donors (Lipinski definition) is 2. The second-order valence-electron chi connectivity index (χ2n) is 5.15. The molecule has 2 N–H and O–H groups in total. The van der Waals surface area contributed by atoms with E-state index in [-0.39, 0.29) is 13.1 Å². The van der Waals surface area contributed by atoms with Crippen molar-refractivity contribution in [2.45, 2.75) is 31.8 Å². The van der Waals surface area contributed by atoms with Gasteiger partial charge in [-0.15, -0.1) is 0 Å². The first-order valence-electron chi connectivity index (χ1n) is 6.57. The lowest BCUT2D eigenvalue weighted by atomic mass is 9.99. The van der Waals surface area contributed by atoms with E-state index >= 15 is 0 Å². The Kier molecular flexibility index (Phi) is 4.44. The summed E-state index contributed by atoms with van der Waals surface area (Å²) in [5, 5.41) is 18.3. The van der Waals surface area contributed by atoms with Crippen LogP contribution in [0.4, 0.5) is 0 Å². The fourth-order valence-corrected chi connectivity index (χ4v) is 4.24. The van der Waals surface area contributed by atoms with Crippen LogP contribution < -0.4 is 0 Å². The van der Waals surface area contributed by atoms with Crippen molar-refractivity contribution >= 4 is 16.2 Å². The highest BCUT2D eigenvalue weighted by Gasteiger charge is 2.36. The van der Waals surface area contributed by atoms with E-state index < -0.39 is 28.2 Å². The number of aliphatic hydroxyl groups excluding tert-OH is 1. The molecule has 0 aromatic rings. The van der Waals surface area contributed by atoms with Crippen LogP contribution in [0.1, 0.15) is 25.7 Å². The van der Waals surface area contributed by atoms with E-state index in [2.05, 4.69) is 0 Å². The summed E-state index contributed by atoms with van der Waals surface area (Å²) in [5.41, 5.74) is 0. The van der Waals surface area contributed by atoms with E-state index in [1.54, 1.807) is 0 Å². The molecule has 2 rings (SSSR count). The van der Waals surface area contributed by atoms with Gasteiger partial charge in [0.05, 0.1) is 12.0 Å². The van der Waals surface area contributed by atoms with Crippen molar-refractivity contribution in [3.05, 3.63) is 0 Å². The van der Waals surface area contributed by atoms with E-state index in [1.165, 1.54) is 8.61 Å².